The Hall–Kier alpha value is -4.78. The molecular weight excluding hydrogens is 514 g/mol. The summed E-state index contributed by atoms with van der Waals surface area (Å²) in [4.78, 5) is 15.5. The number of hydrazone groups is 1. The van der Waals surface area contributed by atoms with Crippen molar-refractivity contribution in [2.75, 3.05) is 25.9 Å². The lowest BCUT2D eigenvalue weighted by Gasteiger charge is -2.25. The van der Waals surface area contributed by atoms with Gasteiger partial charge < -0.3 is 15.2 Å². The number of nitrogens with two attached hydrogens (primary N) is 1. The van der Waals surface area contributed by atoms with E-state index in [1.54, 1.807) is 19.2 Å². The first kappa shape index (κ1) is 26.8. The number of methoxy groups -OCH3 is 1. The first-order chi connectivity index (χ1) is 19.5. The largest absolute Gasteiger partial charge is 0.493 e. The Morgan fingerprint density at radius 1 is 1.12 bits per heavy atom. The predicted octanol–water partition coefficient (Wildman–Crippen LogP) is 2.88. The highest BCUT2D eigenvalue weighted by Gasteiger charge is 2.26. The van der Waals surface area contributed by atoms with E-state index >= 15 is 0 Å². The summed E-state index contributed by atoms with van der Waals surface area (Å²) in [5.41, 5.74) is 12.0. The number of anilines is 1. The minimum Gasteiger partial charge on any atom is -0.493 e. The van der Waals surface area contributed by atoms with Gasteiger partial charge in [-0.2, -0.15) is 9.78 Å². The summed E-state index contributed by atoms with van der Waals surface area (Å²) in [6.45, 7) is 4.76. The van der Waals surface area contributed by atoms with Gasteiger partial charge in [-0.1, -0.05) is 41.5 Å². The van der Waals surface area contributed by atoms with E-state index in [2.05, 4.69) is 36.1 Å². The molecule has 2 aromatic carbocycles. The zero-order valence-corrected chi connectivity index (χ0v) is 22.4. The van der Waals surface area contributed by atoms with Crippen molar-refractivity contribution in [3.8, 4) is 17.3 Å². The molecule has 0 radical (unpaired) electrons. The third kappa shape index (κ3) is 6.26. The van der Waals surface area contributed by atoms with Crippen LogP contribution in [0.25, 0.3) is 5.82 Å². The van der Waals surface area contributed by atoms with Crippen LogP contribution in [-0.2, 0) is 13.2 Å². The molecule has 1 aliphatic rings. The molecular formula is C27H31N9O4. The van der Waals surface area contributed by atoms with Crippen LogP contribution in [0.15, 0.2) is 52.2 Å². The highest BCUT2D eigenvalue weighted by molar-refractivity contribution is 5.95. The molecule has 3 N–H and O–H groups in total. The van der Waals surface area contributed by atoms with Crippen LogP contribution in [0.2, 0.25) is 0 Å². The minimum absolute atomic E-state index is 0.0104. The van der Waals surface area contributed by atoms with Crippen molar-refractivity contribution in [3.05, 3.63) is 70.5 Å². The van der Waals surface area contributed by atoms with Gasteiger partial charge in [0.1, 0.15) is 12.3 Å². The van der Waals surface area contributed by atoms with Crippen molar-refractivity contribution in [2.45, 2.75) is 39.3 Å². The Balaban J connectivity index is 1.29. The van der Waals surface area contributed by atoms with E-state index in [1.807, 2.05) is 37.3 Å². The van der Waals surface area contributed by atoms with Crippen LogP contribution < -0.4 is 20.6 Å². The summed E-state index contributed by atoms with van der Waals surface area (Å²) in [6, 6.07) is 13.5. The van der Waals surface area contributed by atoms with E-state index in [9.17, 15) is 4.79 Å². The van der Waals surface area contributed by atoms with E-state index in [0.717, 1.165) is 31.5 Å². The molecule has 1 aliphatic heterocycles. The van der Waals surface area contributed by atoms with Gasteiger partial charge in [-0.05, 0) is 72.5 Å². The molecule has 5 rings (SSSR count). The number of piperidine rings is 1. The van der Waals surface area contributed by atoms with E-state index < -0.39 is 5.91 Å². The van der Waals surface area contributed by atoms with Gasteiger partial charge in [0.25, 0.3) is 5.91 Å². The molecule has 40 heavy (non-hydrogen) atoms. The van der Waals surface area contributed by atoms with Gasteiger partial charge in [0, 0.05) is 6.54 Å². The highest BCUT2D eigenvalue weighted by Crippen LogP contribution is 2.28. The molecule has 0 atom stereocenters. The molecule has 1 amide bonds. The molecule has 4 aromatic rings. The van der Waals surface area contributed by atoms with E-state index in [4.69, 9.17) is 19.8 Å². The van der Waals surface area contributed by atoms with Gasteiger partial charge in [-0.15, -0.1) is 5.10 Å². The van der Waals surface area contributed by atoms with Crippen LogP contribution in [0.3, 0.4) is 0 Å². The second-order valence-electron chi connectivity index (χ2n) is 9.49. The molecule has 0 bridgehead atoms. The van der Waals surface area contributed by atoms with Gasteiger partial charge >= 0.3 is 0 Å². The molecule has 0 saturated carbocycles. The summed E-state index contributed by atoms with van der Waals surface area (Å²) in [5, 5.41) is 19.8. The number of likely N-dealkylation sites (tertiary alicyclic amines) is 1. The lowest BCUT2D eigenvalue weighted by atomic mass is 10.1. The molecule has 13 heteroatoms. The lowest BCUT2D eigenvalue weighted by Crippen LogP contribution is -2.31. The number of ether oxygens (including phenoxy) is 2. The number of rotatable bonds is 10. The fourth-order valence-corrected chi connectivity index (χ4v) is 4.41. The number of benzene rings is 2. The third-order valence-electron chi connectivity index (χ3n) is 6.56. The molecule has 0 aliphatic carbocycles. The number of nitrogens with one attached hydrogen (secondary N) is 1. The monoisotopic (exact) mass is 545 g/mol. The Bertz CT molecular complexity index is 1470. The number of carbonyl (C=O) groups excluding carboxylic acids is 1. The maximum absolute atomic E-state index is 13.3. The summed E-state index contributed by atoms with van der Waals surface area (Å²) >= 11 is 0. The number of nitrogens with zero attached hydrogens (tertiary/aromatic N) is 7. The molecule has 208 valence electrons. The van der Waals surface area contributed by atoms with Crippen molar-refractivity contribution in [1.82, 2.24) is 35.6 Å². The summed E-state index contributed by atoms with van der Waals surface area (Å²) in [6.07, 6.45) is 4.89. The number of aryl methyl sites for hydroxylation is 1. The van der Waals surface area contributed by atoms with Crippen LogP contribution >= 0.6 is 0 Å². The van der Waals surface area contributed by atoms with Crippen molar-refractivity contribution in [1.29, 1.82) is 0 Å². The van der Waals surface area contributed by atoms with Gasteiger partial charge in [0.2, 0.25) is 11.6 Å². The average molecular weight is 546 g/mol. The second-order valence-corrected chi connectivity index (χ2v) is 9.49. The highest BCUT2D eigenvalue weighted by atomic mass is 16.6. The molecule has 2 aromatic heterocycles. The van der Waals surface area contributed by atoms with Crippen LogP contribution in [0.4, 0.5) is 5.82 Å². The van der Waals surface area contributed by atoms with Crippen LogP contribution in [0, 0.1) is 6.92 Å². The number of hydrogen-bond donors (Lipinski definition) is 2. The molecule has 1 fully saturated rings. The number of amides is 1. The number of aromatic nitrogens is 5. The van der Waals surface area contributed by atoms with Crippen molar-refractivity contribution < 1.29 is 18.9 Å². The van der Waals surface area contributed by atoms with Gasteiger partial charge in [0.05, 0.1) is 13.3 Å². The first-order valence-corrected chi connectivity index (χ1v) is 13.0. The number of nitrogen functional groups attached to an aromatic ring is 1. The second kappa shape index (κ2) is 12.4. The standard InChI is InChI=1S/C27H31N9O4/c1-18-6-8-19(9-7-18)17-39-22-11-10-20(14-23(22)38-2)15-29-31-27(37)24-21(16-35-12-4-3-5-13-35)30-34-36(24)26-25(28)32-40-33-26/h6-11,14-15H,3-5,12-13,16-17H2,1-2H3,(H2,28,32)(H,31,37)/b29-15-. The molecule has 13 nitrogen and oxygen atoms in total. The fraction of sp³-hybridized carbons (Fsp3) is 0.333. The SMILES string of the molecule is COc1cc(/C=N\NC(=O)c2c(CN3CCCCC3)nnn2-c2nonc2N)ccc1OCc1ccc(C)cc1. The van der Waals surface area contributed by atoms with E-state index in [1.165, 1.54) is 22.9 Å². The molecule has 3 heterocycles. The molecule has 0 unspecified atom stereocenters. The Labute approximate surface area is 230 Å². The van der Waals surface area contributed by atoms with Crippen LogP contribution in [0.1, 0.15) is 52.1 Å². The van der Waals surface area contributed by atoms with Crippen molar-refractivity contribution in [3.63, 3.8) is 0 Å². The first-order valence-electron chi connectivity index (χ1n) is 13.0. The normalized spacial score (nSPS) is 13.9. The van der Waals surface area contributed by atoms with Crippen LogP contribution in [0.5, 0.6) is 11.5 Å². The van der Waals surface area contributed by atoms with Gasteiger partial charge in [-0.3, -0.25) is 9.69 Å². The van der Waals surface area contributed by atoms with Crippen molar-refractivity contribution in [2.24, 2.45) is 5.10 Å². The summed E-state index contributed by atoms with van der Waals surface area (Å²) < 4.78 is 17.4. The molecule has 0 spiro atoms. The topological polar surface area (TPSA) is 159 Å². The van der Waals surface area contributed by atoms with E-state index in [0.29, 0.717) is 35.9 Å². The average Bonchev–Trinajstić information content (AvgIpc) is 3.59. The van der Waals surface area contributed by atoms with E-state index in [-0.39, 0.29) is 17.3 Å². The number of hydrogen-bond acceptors (Lipinski definition) is 11. The predicted molar refractivity (Wildman–Crippen MR) is 146 cm³/mol. The van der Waals surface area contributed by atoms with Gasteiger partial charge in [-0.25, -0.2) is 10.1 Å². The van der Waals surface area contributed by atoms with Gasteiger partial charge in [0.15, 0.2) is 17.2 Å². The number of carbonyl (C=O) groups is 1. The minimum atomic E-state index is -0.527. The summed E-state index contributed by atoms with van der Waals surface area (Å²) in [5.74, 6) is 0.685. The fourth-order valence-electron chi connectivity index (χ4n) is 4.41. The maximum atomic E-state index is 13.3. The smallest absolute Gasteiger partial charge is 0.292 e. The zero-order chi connectivity index (χ0) is 27.9. The Kier molecular flexibility index (Phi) is 8.30. The molecule has 1 saturated heterocycles. The lowest BCUT2D eigenvalue weighted by molar-refractivity contribution is 0.0944. The Morgan fingerprint density at radius 3 is 2.65 bits per heavy atom. The third-order valence-corrected chi connectivity index (χ3v) is 6.56. The summed E-state index contributed by atoms with van der Waals surface area (Å²) in [7, 11) is 1.57. The van der Waals surface area contributed by atoms with Crippen molar-refractivity contribution >= 4 is 17.9 Å². The maximum Gasteiger partial charge on any atom is 0.292 e. The quantitative estimate of drug-likeness (QED) is 0.224. The Morgan fingerprint density at radius 2 is 1.93 bits per heavy atom. The van der Waals surface area contributed by atoms with Crippen LogP contribution in [-0.4, -0.2) is 62.5 Å². The zero-order valence-electron chi connectivity index (χ0n) is 22.4.